The Morgan fingerprint density at radius 3 is 2.29 bits per heavy atom. The zero-order chi connectivity index (χ0) is 16.4. The lowest BCUT2D eigenvalue weighted by atomic mass is 9.96. The van der Waals surface area contributed by atoms with Crippen molar-refractivity contribution < 1.29 is 0 Å². The quantitative estimate of drug-likeness (QED) is 0.523. The molecule has 116 valence electrons. The minimum absolute atomic E-state index is 0.779. The summed E-state index contributed by atoms with van der Waals surface area (Å²) in [4.78, 5) is 7.18. The van der Waals surface area contributed by atoms with Crippen LogP contribution in [0.1, 0.15) is 0 Å². The molecular weight excluding hydrogens is 294 g/mol. The van der Waals surface area contributed by atoms with Gasteiger partial charge in [-0.05, 0) is 64.2 Å². The van der Waals surface area contributed by atoms with Gasteiger partial charge in [0.2, 0.25) is 0 Å². The molecule has 4 rings (SSSR count). The van der Waals surface area contributed by atoms with Gasteiger partial charge in [0, 0.05) is 36.0 Å². The van der Waals surface area contributed by atoms with E-state index in [2.05, 4.69) is 52.4 Å². The number of aromatic nitrogens is 2. The lowest BCUT2D eigenvalue weighted by Gasteiger charge is -2.10. The second-order valence-electron chi connectivity index (χ2n) is 5.72. The van der Waals surface area contributed by atoms with Crippen LogP contribution in [0.15, 0.2) is 85.5 Å². The van der Waals surface area contributed by atoms with E-state index in [1.165, 1.54) is 0 Å². The summed E-state index contributed by atoms with van der Waals surface area (Å²) in [6.45, 7) is 0. The Labute approximate surface area is 140 Å². The first-order valence-corrected chi connectivity index (χ1v) is 7.85. The van der Waals surface area contributed by atoms with Crippen molar-refractivity contribution in [2.24, 2.45) is 0 Å². The van der Waals surface area contributed by atoms with Crippen LogP contribution >= 0.6 is 0 Å². The molecule has 0 saturated carbocycles. The van der Waals surface area contributed by atoms with Crippen molar-refractivity contribution in [1.82, 2.24) is 9.97 Å². The van der Waals surface area contributed by atoms with Crippen molar-refractivity contribution in [3.63, 3.8) is 0 Å². The van der Waals surface area contributed by atoms with Gasteiger partial charge >= 0.3 is 0 Å². The van der Waals surface area contributed by atoms with E-state index in [1.807, 2.05) is 43.0 Å². The number of anilines is 1. The number of hydrogen-bond donors (Lipinski definition) is 2. The van der Waals surface area contributed by atoms with Crippen molar-refractivity contribution in [1.29, 1.82) is 0 Å². The van der Waals surface area contributed by atoms with E-state index >= 15 is 0 Å². The van der Waals surface area contributed by atoms with E-state index < -0.39 is 0 Å². The first kappa shape index (κ1) is 14.3. The average Bonchev–Trinajstić information content (AvgIpc) is 3.18. The molecule has 0 spiro atoms. The molecule has 0 bridgehead atoms. The van der Waals surface area contributed by atoms with E-state index in [0.717, 1.165) is 39.1 Å². The predicted molar refractivity (Wildman–Crippen MR) is 99.3 cm³/mol. The number of nitrogens with zero attached hydrogens (tertiary/aromatic N) is 1. The molecule has 2 aromatic carbocycles. The van der Waals surface area contributed by atoms with Crippen molar-refractivity contribution in [2.45, 2.75) is 0 Å². The molecule has 0 amide bonds. The van der Waals surface area contributed by atoms with Gasteiger partial charge in [0.1, 0.15) is 0 Å². The molecule has 3 heteroatoms. The number of nitrogens with one attached hydrogen (secondary N) is 1. The van der Waals surface area contributed by atoms with Crippen molar-refractivity contribution in [3.8, 4) is 33.4 Å². The lowest BCUT2D eigenvalue weighted by molar-refractivity contribution is 1.33. The molecule has 0 aliphatic carbocycles. The Balaban J connectivity index is 1.80. The molecule has 4 aromatic rings. The van der Waals surface area contributed by atoms with Crippen LogP contribution in [-0.4, -0.2) is 9.97 Å². The van der Waals surface area contributed by atoms with Gasteiger partial charge in [0.05, 0.1) is 0 Å². The van der Waals surface area contributed by atoms with Gasteiger partial charge in [-0.15, -0.1) is 0 Å². The molecule has 24 heavy (non-hydrogen) atoms. The summed E-state index contributed by atoms with van der Waals surface area (Å²) in [5.41, 5.74) is 13.8. The maximum absolute atomic E-state index is 6.25. The third-order valence-corrected chi connectivity index (χ3v) is 4.17. The molecule has 0 atom stereocenters. The monoisotopic (exact) mass is 311 g/mol. The van der Waals surface area contributed by atoms with E-state index in [-0.39, 0.29) is 0 Å². The standard InChI is InChI=1S/C21H17N3/c22-21-5-4-17(19-8-11-24-14-19)13-20(21)18-3-1-2-16(12-18)15-6-9-23-10-7-15/h1-14,24H,22H2. The number of hydrogen-bond acceptors (Lipinski definition) is 2. The maximum Gasteiger partial charge on any atom is 0.0394 e. The Bertz CT molecular complexity index is 958. The SMILES string of the molecule is Nc1ccc(-c2cc[nH]c2)cc1-c1cccc(-c2ccncc2)c1. The van der Waals surface area contributed by atoms with Crippen LogP contribution in [0.3, 0.4) is 0 Å². The molecule has 2 aromatic heterocycles. The largest absolute Gasteiger partial charge is 0.398 e. The topological polar surface area (TPSA) is 54.7 Å². The summed E-state index contributed by atoms with van der Waals surface area (Å²) in [7, 11) is 0. The van der Waals surface area contributed by atoms with E-state index in [1.54, 1.807) is 0 Å². The number of aromatic amines is 1. The first-order chi connectivity index (χ1) is 11.8. The zero-order valence-corrected chi connectivity index (χ0v) is 13.1. The second-order valence-corrected chi connectivity index (χ2v) is 5.72. The molecule has 0 aliphatic heterocycles. The molecule has 0 unspecified atom stereocenters. The number of H-pyrrole nitrogens is 1. The van der Waals surface area contributed by atoms with Gasteiger partial charge < -0.3 is 10.7 Å². The van der Waals surface area contributed by atoms with Crippen molar-refractivity contribution >= 4 is 5.69 Å². The first-order valence-electron chi connectivity index (χ1n) is 7.85. The highest BCUT2D eigenvalue weighted by molar-refractivity contribution is 5.83. The molecule has 0 aliphatic rings. The average molecular weight is 311 g/mol. The van der Waals surface area contributed by atoms with Crippen LogP contribution < -0.4 is 5.73 Å². The number of nitrogen functional groups attached to an aromatic ring is 1. The minimum atomic E-state index is 0.779. The summed E-state index contributed by atoms with van der Waals surface area (Å²) >= 11 is 0. The Morgan fingerprint density at radius 2 is 1.50 bits per heavy atom. The van der Waals surface area contributed by atoms with Gasteiger partial charge in [-0.2, -0.15) is 0 Å². The smallest absolute Gasteiger partial charge is 0.0394 e. The molecule has 0 saturated heterocycles. The van der Waals surface area contributed by atoms with E-state index in [4.69, 9.17) is 5.73 Å². The highest BCUT2D eigenvalue weighted by Gasteiger charge is 2.07. The molecule has 0 radical (unpaired) electrons. The lowest BCUT2D eigenvalue weighted by Crippen LogP contribution is -1.91. The van der Waals surface area contributed by atoms with Crippen LogP contribution in [0.25, 0.3) is 33.4 Å². The third-order valence-electron chi connectivity index (χ3n) is 4.17. The summed E-state index contributed by atoms with van der Waals surface area (Å²) in [6, 6.07) is 20.7. The minimum Gasteiger partial charge on any atom is -0.398 e. The Morgan fingerprint density at radius 1 is 0.708 bits per heavy atom. The molecular formula is C21H17N3. The normalized spacial score (nSPS) is 10.7. The van der Waals surface area contributed by atoms with E-state index in [9.17, 15) is 0 Å². The van der Waals surface area contributed by atoms with Crippen molar-refractivity contribution in [3.05, 3.63) is 85.5 Å². The van der Waals surface area contributed by atoms with Gasteiger partial charge in [-0.3, -0.25) is 4.98 Å². The van der Waals surface area contributed by atoms with Gasteiger partial charge in [-0.25, -0.2) is 0 Å². The Kier molecular flexibility index (Phi) is 3.60. The summed E-state index contributed by atoms with van der Waals surface area (Å²) in [5.74, 6) is 0. The van der Waals surface area contributed by atoms with Gasteiger partial charge in [-0.1, -0.05) is 24.3 Å². The number of pyridine rings is 1. The molecule has 0 fully saturated rings. The highest BCUT2D eigenvalue weighted by Crippen LogP contribution is 2.33. The number of benzene rings is 2. The van der Waals surface area contributed by atoms with Crippen LogP contribution in [0.5, 0.6) is 0 Å². The number of nitrogens with two attached hydrogens (primary N) is 1. The zero-order valence-electron chi connectivity index (χ0n) is 13.1. The molecule has 3 N–H and O–H groups in total. The molecule has 3 nitrogen and oxygen atoms in total. The van der Waals surface area contributed by atoms with Gasteiger partial charge in [0.25, 0.3) is 0 Å². The Hall–Kier alpha value is -3.33. The summed E-state index contributed by atoms with van der Waals surface area (Å²) < 4.78 is 0. The summed E-state index contributed by atoms with van der Waals surface area (Å²) in [5, 5.41) is 0. The number of rotatable bonds is 3. The van der Waals surface area contributed by atoms with Gasteiger partial charge in [0.15, 0.2) is 0 Å². The maximum atomic E-state index is 6.25. The van der Waals surface area contributed by atoms with Crippen LogP contribution in [0.4, 0.5) is 5.69 Å². The van der Waals surface area contributed by atoms with Crippen LogP contribution in [-0.2, 0) is 0 Å². The molecule has 2 heterocycles. The predicted octanol–water partition coefficient (Wildman–Crippen LogP) is 4.99. The summed E-state index contributed by atoms with van der Waals surface area (Å²) in [6.07, 6.45) is 7.53. The van der Waals surface area contributed by atoms with Crippen molar-refractivity contribution in [2.75, 3.05) is 5.73 Å². The fraction of sp³-hybridized carbons (Fsp3) is 0. The second kappa shape index (κ2) is 6.05. The van der Waals surface area contributed by atoms with Crippen LogP contribution in [0.2, 0.25) is 0 Å². The highest BCUT2D eigenvalue weighted by atomic mass is 14.6. The fourth-order valence-corrected chi connectivity index (χ4v) is 2.90. The third kappa shape index (κ3) is 2.68. The van der Waals surface area contributed by atoms with Crippen LogP contribution in [0, 0.1) is 0 Å². The fourth-order valence-electron chi connectivity index (χ4n) is 2.90. The van der Waals surface area contributed by atoms with E-state index in [0.29, 0.717) is 0 Å².